The minimum Gasteiger partial charge on any atom is -0.480 e. The van der Waals surface area contributed by atoms with Gasteiger partial charge in [-0.3, -0.25) is 4.99 Å². The van der Waals surface area contributed by atoms with Gasteiger partial charge in [-0.15, -0.1) is 0 Å². The summed E-state index contributed by atoms with van der Waals surface area (Å²) >= 11 is 6.66. The largest absolute Gasteiger partial charge is 0.480 e. The highest BCUT2D eigenvalue weighted by Gasteiger charge is 2.56. The summed E-state index contributed by atoms with van der Waals surface area (Å²) in [6.07, 6.45) is 2.71. The van der Waals surface area contributed by atoms with Crippen molar-refractivity contribution in [2.45, 2.75) is 56.5 Å². The molecule has 9 nitrogen and oxygen atoms in total. The van der Waals surface area contributed by atoms with Crippen LogP contribution in [0.4, 0.5) is 0 Å². The van der Waals surface area contributed by atoms with Crippen LogP contribution in [-0.4, -0.2) is 68.8 Å². The fraction of sp³-hybridized carbons (Fsp3) is 0.355. The predicted octanol–water partition coefficient (Wildman–Crippen LogP) is 5.70. The Morgan fingerprint density at radius 1 is 1.07 bits per heavy atom. The Bertz CT molecular complexity index is 1650. The normalized spacial score (nSPS) is 25.4. The van der Waals surface area contributed by atoms with Gasteiger partial charge < -0.3 is 24.3 Å². The average Bonchev–Trinajstić information content (AvgIpc) is 3.77. The second-order valence-corrected chi connectivity index (χ2v) is 11.1. The minimum atomic E-state index is -0.868. The molecule has 0 amide bonds. The van der Waals surface area contributed by atoms with E-state index in [0.29, 0.717) is 53.9 Å². The second kappa shape index (κ2) is 10.2. The molecule has 2 saturated heterocycles. The van der Waals surface area contributed by atoms with Crippen LogP contribution in [0.1, 0.15) is 38.2 Å². The molecule has 0 bridgehead atoms. The number of nitrogens with one attached hydrogen (secondary N) is 1. The van der Waals surface area contributed by atoms with Gasteiger partial charge in [-0.1, -0.05) is 67.1 Å². The van der Waals surface area contributed by atoms with Gasteiger partial charge in [0.2, 0.25) is 0 Å². The summed E-state index contributed by atoms with van der Waals surface area (Å²) in [6.45, 7) is 3.23. The number of aromatic amines is 1. The van der Waals surface area contributed by atoms with E-state index in [1.165, 1.54) is 0 Å². The number of halogens is 1. The Morgan fingerprint density at radius 3 is 2.46 bits per heavy atom. The fourth-order valence-corrected chi connectivity index (χ4v) is 6.47. The average molecular weight is 573 g/mol. The maximum absolute atomic E-state index is 11.2. The molecule has 4 aromatic rings. The number of nitrogens with zero attached hydrogens (tertiary/aromatic N) is 3. The summed E-state index contributed by atoms with van der Waals surface area (Å²) in [5.41, 5.74) is 6.19. The standard InChI is InChI=1S/C31H29ClN4O5/c1-2-31-25(13-14-40-31)39-16-26(31)41-30-34-24-15-21(32)27(35-28(24)36-30)20-9-5-18(6-10-20)17-3-7-19(8-4-17)22-11-12-23(33-22)29(37)38/h3-10,15,23,25-26H,2,11-14,16H2,1H3,(H,37,38)(H,34,35,36)/t23?,25-,26-,31+/m1/s1. The molecule has 0 aliphatic carbocycles. The van der Waals surface area contributed by atoms with Crippen molar-refractivity contribution in [2.75, 3.05) is 13.2 Å². The SMILES string of the molecule is CC[C@]12OCC[C@H]1OC[C@H]2Oc1nc2nc(-c3ccc(-c4ccc(C5=NC(C(=O)O)CC5)cc4)cc3)c(Cl)cc2[nH]1. The second-order valence-electron chi connectivity index (χ2n) is 10.7. The van der Waals surface area contributed by atoms with E-state index in [1.807, 2.05) is 54.6 Å². The van der Waals surface area contributed by atoms with Crippen molar-refractivity contribution in [1.82, 2.24) is 15.0 Å². The highest BCUT2D eigenvalue weighted by atomic mass is 35.5. The van der Waals surface area contributed by atoms with E-state index < -0.39 is 17.6 Å². The number of hydrogen-bond donors (Lipinski definition) is 2. The number of hydrogen-bond acceptors (Lipinski definition) is 7. The molecule has 5 heterocycles. The summed E-state index contributed by atoms with van der Waals surface area (Å²) in [6, 6.07) is 17.6. The van der Waals surface area contributed by atoms with Crippen LogP contribution >= 0.6 is 11.6 Å². The van der Waals surface area contributed by atoms with Crippen LogP contribution in [0.5, 0.6) is 6.01 Å². The molecule has 7 rings (SSSR count). The van der Waals surface area contributed by atoms with Crippen molar-refractivity contribution in [3.63, 3.8) is 0 Å². The van der Waals surface area contributed by atoms with Crippen LogP contribution in [0.2, 0.25) is 5.02 Å². The molecule has 1 unspecified atom stereocenters. The zero-order valence-electron chi connectivity index (χ0n) is 22.5. The summed E-state index contributed by atoms with van der Waals surface area (Å²) in [7, 11) is 0. The van der Waals surface area contributed by atoms with Gasteiger partial charge in [0.15, 0.2) is 11.8 Å². The first kappa shape index (κ1) is 26.1. The molecule has 10 heteroatoms. The van der Waals surface area contributed by atoms with Crippen molar-refractivity contribution in [3.05, 3.63) is 65.2 Å². The van der Waals surface area contributed by atoms with Gasteiger partial charge in [-0.2, -0.15) is 4.98 Å². The van der Waals surface area contributed by atoms with E-state index in [-0.39, 0.29) is 12.2 Å². The van der Waals surface area contributed by atoms with Gasteiger partial charge in [-0.05, 0) is 48.4 Å². The number of H-pyrrole nitrogens is 1. The van der Waals surface area contributed by atoms with E-state index in [2.05, 4.69) is 21.9 Å². The number of imidazole rings is 1. The molecule has 41 heavy (non-hydrogen) atoms. The van der Waals surface area contributed by atoms with Crippen molar-refractivity contribution in [1.29, 1.82) is 0 Å². The summed E-state index contributed by atoms with van der Waals surface area (Å²) in [5, 5.41) is 9.71. The lowest BCUT2D eigenvalue weighted by atomic mass is 9.90. The van der Waals surface area contributed by atoms with E-state index in [1.54, 1.807) is 0 Å². The molecule has 2 aromatic carbocycles. The third-order valence-corrected chi connectivity index (χ3v) is 8.75. The van der Waals surface area contributed by atoms with Gasteiger partial charge >= 0.3 is 5.97 Å². The molecule has 0 spiro atoms. The van der Waals surface area contributed by atoms with Crippen LogP contribution in [0.3, 0.4) is 0 Å². The summed E-state index contributed by atoms with van der Waals surface area (Å²) < 4.78 is 18.3. The first-order valence-electron chi connectivity index (χ1n) is 13.9. The molecule has 0 radical (unpaired) electrons. The van der Waals surface area contributed by atoms with E-state index in [0.717, 1.165) is 40.8 Å². The number of carboxylic acids is 1. The number of fused-ring (bicyclic) bond motifs is 2. The molecular formula is C31H29ClN4O5. The maximum atomic E-state index is 11.2. The van der Waals surface area contributed by atoms with Gasteiger partial charge in [0, 0.05) is 11.3 Å². The Labute approximate surface area is 241 Å². The maximum Gasteiger partial charge on any atom is 0.328 e. The zero-order chi connectivity index (χ0) is 28.1. The molecule has 2 aromatic heterocycles. The summed E-state index contributed by atoms with van der Waals surface area (Å²) in [4.78, 5) is 28.1. The van der Waals surface area contributed by atoms with Crippen molar-refractivity contribution >= 4 is 34.4 Å². The molecule has 210 valence electrons. The number of carbonyl (C=O) groups is 1. The molecule has 3 aliphatic rings. The number of aliphatic imine (C=N–C) groups is 1. The highest BCUT2D eigenvalue weighted by Crippen LogP contribution is 2.42. The number of benzene rings is 2. The minimum absolute atomic E-state index is 0.0511. The number of ether oxygens (including phenoxy) is 3. The Hall–Kier alpha value is -3.79. The number of rotatable bonds is 7. The fourth-order valence-electron chi connectivity index (χ4n) is 6.21. The third-order valence-electron chi connectivity index (χ3n) is 8.46. The first-order chi connectivity index (χ1) is 19.9. The number of carboxylic acid groups (broad SMARTS) is 1. The zero-order valence-corrected chi connectivity index (χ0v) is 23.2. The molecule has 2 N–H and O–H groups in total. The van der Waals surface area contributed by atoms with Crippen LogP contribution in [0.25, 0.3) is 33.5 Å². The molecule has 2 fully saturated rings. The Morgan fingerprint density at radius 2 is 1.78 bits per heavy atom. The van der Waals surface area contributed by atoms with Gasteiger partial charge in [0.1, 0.15) is 11.6 Å². The van der Waals surface area contributed by atoms with Gasteiger partial charge in [0.25, 0.3) is 6.01 Å². The molecule has 4 atom stereocenters. The van der Waals surface area contributed by atoms with Crippen molar-refractivity contribution in [2.24, 2.45) is 4.99 Å². The van der Waals surface area contributed by atoms with E-state index in [9.17, 15) is 9.90 Å². The van der Waals surface area contributed by atoms with Crippen LogP contribution in [-0.2, 0) is 14.3 Å². The highest BCUT2D eigenvalue weighted by molar-refractivity contribution is 6.33. The smallest absolute Gasteiger partial charge is 0.328 e. The topological polar surface area (TPSA) is 119 Å². The molecule has 3 aliphatic heterocycles. The lowest BCUT2D eigenvalue weighted by Crippen LogP contribution is -2.47. The number of aliphatic carboxylic acids is 1. The lowest BCUT2D eigenvalue weighted by Gasteiger charge is -2.30. The van der Waals surface area contributed by atoms with E-state index in [4.69, 9.17) is 30.8 Å². The van der Waals surface area contributed by atoms with Crippen LogP contribution in [0.15, 0.2) is 59.6 Å². The van der Waals surface area contributed by atoms with Crippen molar-refractivity contribution < 1.29 is 24.1 Å². The quantitative estimate of drug-likeness (QED) is 0.292. The Balaban J connectivity index is 1.09. The number of aromatic nitrogens is 3. The van der Waals surface area contributed by atoms with E-state index >= 15 is 0 Å². The van der Waals surface area contributed by atoms with Crippen LogP contribution in [0, 0.1) is 0 Å². The molecule has 0 saturated carbocycles. The van der Waals surface area contributed by atoms with Crippen molar-refractivity contribution in [3.8, 4) is 28.4 Å². The summed E-state index contributed by atoms with van der Waals surface area (Å²) in [5.74, 6) is -0.868. The third kappa shape index (κ3) is 4.58. The predicted molar refractivity (Wildman–Crippen MR) is 155 cm³/mol. The lowest BCUT2D eigenvalue weighted by molar-refractivity contribution is -0.138. The Kier molecular flexibility index (Phi) is 6.53. The van der Waals surface area contributed by atoms with Gasteiger partial charge in [-0.25, -0.2) is 9.78 Å². The van der Waals surface area contributed by atoms with Gasteiger partial charge in [0.05, 0.1) is 35.6 Å². The monoisotopic (exact) mass is 572 g/mol. The van der Waals surface area contributed by atoms with Crippen LogP contribution < -0.4 is 4.74 Å². The molecular weight excluding hydrogens is 544 g/mol. The number of pyridine rings is 1. The first-order valence-corrected chi connectivity index (χ1v) is 14.3.